The summed E-state index contributed by atoms with van der Waals surface area (Å²) in [5.74, 6) is 0. The molecular weight excluding hydrogens is 309 g/mol. The lowest BCUT2D eigenvalue weighted by Gasteiger charge is -2.11. The molecule has 0 aliphatic carbocycles. The Labute approximate surface area is 132 Å². The molecule has 4 nitrogen and oxygen atoms in total. The Morgan fingerprint density at radius 2 is 1.86 bits per heavy atom. The van der Waals surface area contributed by atoms with Crippen molar-refractivity contribution < 1.29 is 4.79 Å². The predicted molar refractivity (Wildman–Crippen MR) is 85.0 cm³/mol. The molecule has 0 unspecified atom stereocenters. The molecule has 106 valence electrons. The number of hydrogen-bond donors (Lipinski definition) is 2. The van der Waals surface area contributed by atoms with Crippen molar-refractivity contribution in [3.8, 4) is 6.07 Å². The number of halogens is 2. The summed E-state index contributed by atoms with van der Waals surface area (Å²) in [6, 6.07) is 11.5. The third-order valence-electron chi connectivity index (χ3n) is 2.81. The highest BCUT2D eigenvalue weighted by Crippen LogP contribution is 2.26. The number of urea groups is 1. The molecule has 0 aliphatic rings. The normalized spacial score (nSPS) is 9.81. The van der Waals surface area contributed by atoms with Gasteiger partial charge in [-0.05, 0) is 36.8 Å². The third-order valence-corrected chi connectivity index (χ3v) is 3.37. The maximum atomic E-state index is 12.0. The zero-order valence-electron chi connectivity index (χ0n) is 11.1. The van der Waals surface area contributed by atoms with Gasteiger partial charge in [0, 0.05) is 5.02 Å². The van der Waals surface area contributed by atoms with Crippen LogP contribution in [0.2, 0.25) is 10.0 Å². The summed E-state index contributed by atoms with van der Waals surface area (Å²) in [4.78, 5) is 12.0. The van der Waals surface area contributed by atoms with E-state index < -0.39 is 6.03 Å². The summed E-state index contributed by atoms with van der Waals surface area (Å²) in [5, 5.41) is 15.2. The summed E-state index contributed by atoms with van der Waals surface area (Å²) in [6.07, 6.45) is 0. The van der Waals surface area contributed by atoms with E-state index in [9.17, 15) is 4.79 Å². The Balaban J connectivity index is 2.18. The first-order chi connectivity index (χ1) is 10.0. The molecule has 0 bridgehead atoms. The van der Waals surface area contributed by atoms with Crippen molar-refractivity contribution in [2.45, 2.75) is 6.92 Å². The van der Waals surface area contributed by atoms with Crippen LogP contribution in [-0.2, 0) is 0 Å². The maximum Gasteiger partial charge on any atom is 0.323 e. The van der Waals surface area contributed by atoms with Gasteiger partial charge in [-0.1, -0.05) is 35.3 Å². The van der Waals surface area contributed by atoms with E-state index in [0.717, 1.165) is 5.56 Å². The number of benzene rings is 2. The Morgan fingerprint density at radius 1 is 1.14 bits per heavy atom. The maximum absolute atomic E-state index is 12.0. The largest absolute Gasteiger partial charge is 0.323 e. The van der Waals surface area contributed by atoms with Crippen molar-refractivity contribution in [3.05, 3.63) is 57.6 Å². The molecule has 2 N–H and O–H groups in total. The summed E-state index contributed by atoms with van der Waals surface area (Å²) in [6.45, 7) is 1.80. The van der Waals surface area contributed by atoms with E-state index in [0.29, 0.717) is 27.0 Å². The molecule has 0 saturated carbocycles. The minimum Gasteiger partial charge on any atom is -0.306 e. The molecule has 6 heteroatoms. The molecule has 0 radical (unpaired) electrons. The van der Waals surface area contributed by atoms with Crippen LogP contribution in [0.5, 0.6) is 0 Å². The van der Waals surface area contributed by atoms with E-state index >= 15 is 0 Å². The van der Waals surface area contributed by atoms with Crippen molar-refractivity contribution in [2.75, 3.05) is 10.6 Å². The molecular formula is C15H11Cl2N3O. The smallest absolute Gasteiger partial charge is 0.306 e. The molecule has 0 aromatic heterocycles. The van der Waals surface area contributed by atoms with Gasteiger partial charge in [0.2, 0.25) is 0 Å². The third kappa shape index (κ3) is 3.66. The lowest BCUT2D eigenvalue weighted by atomic mass is 10.1. The minimum atomic E-state index is -0.499. The molecule has 0 atom stereocenters. The molecule has 2 aromatic carbocycles. The average Bonchev–Trinajstić information content (AvgIpc) is 2.43. The monoisotopic (exact) mass is 319 g/mol. The summed E-state index contributed by atoms with van der Waals surface area (Å²) in [7, 11) is 0. The molecule has 21 heavy (non-hydrogen) atoms. The van der Waals surface area contributed by atoms with E-state index in [2.05, 4.69) is 16.7 Å². The molecule has 2 rings (SSSR count). The van der Waals surface area contributed by atoms with Crippen LogP contribution < -0.4 is 10.6 Å². The van der Waals surface area contributed by atoms with Crippen LogP contribution in [0.3, 0.4) is 0 Å². The van der Waals surface area contributed by atoms with Gasteiger partial charge in [0.1, 0.15) is 6.07 Å². The predicted octanol–water partition coefficient (Wildman–Crippen LogP) is 4.82. The highest BCUT2D eigenvalue weighted by molar-refractivity contribution is 6.35. The molecule has 2 amide bonds. The molecule has 0 fully saturated rings. The lowest BCUT2D eigenvalue weighted by molar-refractivity contribution is 0.262. The molecule has 0 heterocycles. The lowest BCUT2D eigenvalue weighted by Crippen LogP contribution is -2.20. The topological polar surface area (TPSA) is 64.9 Å². The first-order valence-electron chi connectivity index (χ1n) is 6.04. The summed E-state index contributed by atoms with van der Waals surface area (Å²) >= 11 is 11.8. The van der Waals surface area contributed by atoms with Gasteiger partial charge in [0.25, 0.3) is 0 Å². The molecule has 2 aromatic rings. The van der Waals surface area contributed by atoms with Gasteiger partial charge in [-0.15, -0.1) is 0 Å². The second kappa shape index (κ2) is 6.49. The number of amides is 2. The van der Waals surface area contributed by atoms with Crippen LogP contribution in [0.4, 0.5) is 16.2 Å². The highest BCUT2D eigenvalue weighted by atomic mass is 35.5. The number of hydrogen-bond acceptors (Lipinski definition) is 2. The fourth-order valence-electron chi connectivity index (χ4n) is 1.79. The molecule has 0 spiro atoms. The van der Waals surface area contributed by atoms with Crippen LogP contribution in [0.25, 0.3) is 0 Å². The average molecular weight is 320 g/mol. The first-order valence-corrected chi connectivity index (χ1v) is 6.79. The zero-order chi connectivity index (χ0) is 15.4. The minimum absolute atomic E-state index is 0.374. The van der Waals surface area contributed by atoms with Crippen molar-refractivity contribution in [1.82, 2.24) is 0 Å². The van der Waals surface area contributed by atoms with E-state index in [-0.39, 0.29) is 0 Å². The number of rotatable bonds is 2. The first kappa shape index (κ1) is 15.2. The Bertz CT molecular complexity index is 738. The van der Waals surface area contributed by atoms with E-state index in [1.54, 1.807) is 43.3 Å². The van der Waals surface area contributed by atoms with E-state index in [1.165, 1.54) is 0 Å². The SMILES string of the molecule is Cc1cccc(NC(=O)Nc2cc(Cl)ccc2Cl)c1C#N. The Kier molecular flexibility index (Phi) is 4.69. The van der Waals surface area contributed by atoms with Crippen molar-refractivity contribution in [1.29, 1.82) is 5.26 Å². The van der Waals surface area contributed by atoms with Crippen LogP contribution in [0, 0.1) is 18.3 Å². The van der Waals surface area contributed by atoms with Crippen LogP contribution >= 0.6 is 23.2 Å². The zero-order valence-corrected chi connectivity index (χ0v) is 12.6. The number of anilines is 2. The van der Waals surface area contributed by atoms with Crippen LogP contribution in [-0.4, -0.2) is 6.03 Å². The summed E-state index contributed by atoms with van der Waals surface area (Å²) < 4.78 is 0. The second-order valence-electron chi connectivity index (χ2n) is 4.31. The van der Waals surface area contributed by atoms with Crippen molar-refractivity contribution >= 4 is 40.6 Å². The number of carbonyl (C=O) groups is 1. The standard InChI is InChI=1S/C15H11Cl2N3O/c1-9-3-2-4-13(11(9)8-18)19-15(21)20-14-7-10(16)5-6-12(14)17/h2-7H,1H3,(H2,19,20,21). The van der Waals surface area contributed by atoms with Crippen LogP contribution in [0.1, 0.15) is 11.1 Å². The van der Waals surface area contributed by atoms with E-state index in [1.807, 2.05) is 0 Å². The number of nitrogens with zero attached hydrogens (tertiary/aromatic N) is 1. The van der Waals surface area contributed by atoms with Crippen LogP contribution in [0.15, 0.2) is 36.4 Å². The quantitative estimate of drug-likeness (QED) is 0.833. The van der Waals surface area contributed by atoms with Gasteiger partial charge >= 0.3 is 6.03 Å². The van der Waals surface area contributed by atoms with Crippen molar-refractivity contribution in [3.63, 3.8) is 0 Å². The fourth-order valence-corrected chi connectivity index (χ4v) is 2.13. The number of nitrogens with one attached hydrogen (secondary N) is 2. The van der Waals surface area contributed by atoms with Crippen molar-refractivity contribution in [2.24, 2.45) is 0 Å². The van der Waals surface area contributed by atoms with Gasteiger partial charge in [-0.2, -0.15) is 5.26 Å². The fraction of sp³-hybridized carbons (Fsp3) is 0.0667. The van der Waals surface area contributed by atoms with Gasteiger partial charge < -0.3 is 10.6 Å². The van der Waals surface area contributed by atoms with Gasteiger partial charge in [0.05, 0.1) is 22.0 Å². The van der Waals surface area contributed by atoms with Gasteiger partial charge in [-0.3, -0.25) is 0 Å². The van der Waals surface area contributed by atoms with Gasteiger partial charge in [-0.25, -0.2) is 4.79 Å². The Hall–Kier alpha value is -2.22. The highest BCUT2D eigenvalue weighted by Gasteiger charge is 2.10. The van der Waals surface area contributed by atoms with Gasteiger partial charge in [0.15, 0.2) is 0 Å². The second-order valence-corrected chi connectivity index (χ2v) is 5.16. The molecule has 0 saturated heterocycles. The summed E-state index contributed by atoms with van der Waals surface area (Å²) in [5.41, 5.74) is 2.04. The number of aryl methyl sites for hydroxylation is 1. The number of carbonyl (C=O) groups excluding carboxylic acids is 1. The molecule has 0 aliphatic heterocycles. The van der Waals surface area contributed by atoms with E-state index in [4.69, 9.17) is 28.5 Å². The number of nitriles is 1. The Morgan fingerprint density at radius 3 is 2.57 bits per heavy atom.